The third kappa shape index (κ3) is 10.5. The van der Waals surface area contributed by atoms with Gasteiger partial charge in [0.05, 0.1) is 12.7 Å². The van der Waals surface area contributed by atoms with Crippen LogP contribution in [-0.4, -0.2) is 70.0 Å². The molecular weight excluding hydrogens is 474 g/mol. The number of hydrogen-bond donors (Lipinski definition) is 2. The van der Waals surface area contributed by atoms with Crippen LogP contribution in [0.3, 0.4) is 0 Å². The lowest BCUT2D eigenvalue weighted by Gasteiger charge is -2.18. The fourth-order valence-electron chi connectivity index (χ4n) is 2.84. The van der Waals surface area contributed by atoms with Gasteiger partial charge in [0, 0.05) is 45.9 Å². The Morgan fingerprint density at radius 2 is 2.11 bits per heavy atom. The van der Waals surface area contributed by atoms with Crippen LogP contribution < -0.4 is 10.6 Å². The van der Waals surface area contributed by atoms with Crippen molar-refractivity contribution in [3.63, 3.8) is 0 Å². The Balaban J connectivity index is 0.00000392. The second-order valence-electron chi connectivity index (χ2n) is 6.76. The number of aliphatic imine (C=N–C) groups is 1. The summed E-state index contributed by atoms with van der Waals surface area (Å²) in [5.41, 5.74) is 1.10. The van der Waals surface area contributed by atoms with E-state index in [1.165, 1.54) is 12.1 Å². The summed E-state index contributed by atoms with van der Waals surface area (Å²) in [4.78, 5) is 6.79. The Labute approximate surface area is 185 Å². The summed E-state index contributed by atoms with van der Waals surface area (Å²) in [5.74, 6) is 0.633. The van der Waals surface area contributed by atoms with Gasteiger partial charge in [-0.15, -0.1) is 24.0 Å². The molecule has 1 aliphatic rings. The summed E-state index contributed by atoms with van der Waals surface area (Å²) in [6.07, 6.45) is 2.16. The molecule has 1 fully saturated rings. The Bertz CT molecular complexity index is 554. The number of halogens is 2. The highest BCUT2D eigenvalue weighted by Gasteiger charge is 2.15. The van der Waals surface area contributed by atoms with Crippen molar-refractivity contribution >= 4 is 29.9 Å². The molecular formula is C20H34FIN4O2. The molecule has 8 heteroatoms. The predicted octanol–water partition coefficient (Wildman–Crippen LogP) is 2.63. The van der Waals surface area contributed by atoms with E-state index in [1.807, 2.05) is 12.1 Å². The maximum Gasteiger partial charge on any atom is 0.191 e. The van der Waals surface area contributed by atoms with Crippen molar-refractivity contribution in [1.82, 2.24) is 15.5 Å². The molecule has 0 spiro atoms. The summed E-state index contributed by atoms with van der Waals surface area (Å²) in [7, 11) is 2.05. The summed E-state index contributed by atoms with van der Waals surface area (Å²) in [6.45, 7) is 8.32. The topological polar surface area (TPSA) is 58.1 Å². The van der Waals surface area contributed by atoms with Crippen LogP contribution in [0.25, 0.3) is 0 Å². The van der Waals surface area contributed by atoms with Gasteiger partial charge in [-0.05, 0) is 44.5 Å². The number of ether oxygens (including phenoxy) is 2. The molecule has 1 saturated heterocycles. The van der Waals surface area contributed by atoms with Crippen LogP contribution in [-0.2, 0) is 16.0 Å². The van der Waals surface area contributed by atoms with E-state index in [1.54, 1.807) is 0 Å². The summed E-state index contributed by atoms with van der Waals surface area (Å²) in [5, 5.41) is 6.62. The molecule has 2 rings (SSSR count). The maximum atomic E-state index is 13.0. The van der Waals surface area contributed by atoms with Crippen molar-refractivity contribution in [2.75, 3.05) is 53.0 Å². The average Bonchev–Trinajstić information content (AvgIpc) is 3.17. The van der Waals surface area contributed by atoms with Crippen LogP contribution in [0.2, 0.25) is 0 Å². The number of hydrogen-bond acceptors (Lipinski definition) is 4. The van der Waals surface area contributed by atoms with Crippen LogP contribution in [0.1, 0.15) is 25.3 Å². The molecule has 0 radical (unpaired) electrons. The molecule has 0 bridgehead atoms. The minimum atomic E-state index is -0.198. The van der Waals surface area contributed by atoms with E-state index >= 15 is 0 Å². The standard InChI is InChI=1S/C20H33FN4O2.HI/c1-3-22-20(23-10-4-13-27-19-9-14-26-16-19)24-11-12-25(2)15-17-5-7-18(21)8-6-17;/h5-8,19H,3-4,9-16H2,1-2H3,(H2,22,23,24);1H. The molecule has 6 nitrogen and oxygen atoms in total. The highest BCUT2D eigenvalue weighted by Crippen LogP contribution is 2.08. The molecule has 1 unspecified atom stereocenters. The van der Waals surface area contributed by atoms with Crippen LogP contribution in [0.5, 0.6) is 0 Å². The van der Waals surface area contributed by atoms with Gasteiger partial charge in [-0.1, -0.05) is 12.1 Å². The Morgan fingerprint density at radius 3 is 2.79 bits per heavy atom. The smallest absolute Gasteiger partial charge is 0.191 e. The third-order valence-corrected chi connectivity index (χ3v) is 4.31. The first-order valence-electron chi connectivity index (χ1n) is 9.82. The molecule has 1 aromatic carbocycles. The average molecular weight is 508 g/mol. The van der Waals surface area contributed by atoms with Gasteiger partial charge < -0.3 is 25.0 Å². The number of nitrogens with one attached hydrogen (secondary N) is 2. The van der Waals surface area contributed by atoms with Crippen molar-refractivity contribution in [3.8, 4) is 0 Å². The SMILES string of the molecule is CCNC(=NCCCOC1CCOC1)NCCN(C)Cc1ccc(F)cc1.I. The number of likely N-dealkylation sites (N-methyl/N-ethyl adjacent to an activating group) is 1. The second-order valence-corrected chi connectivity index (χ2v) is 6.76. The Morgan fingerprint density at radius 1 is 1.32 bits per heavy atom. The van der Waals surface area contributed by atoms with Gasteiger partial charge in [0.15, 0.2) is 5.96 Å². The van der Waals surface area contributed by atoms with Gasteiger partial charge in [0.25, 0.3) is 0 Å². The zero-order valence-electron chi connectivity index (χ0n) is 17.0. The van der Waals surface area contributed by atoms with Gasteiger partial charge in [-0.25, -0.2) is 4.39 Å². The van der Waals surface area contributed by atoms with E-state index in [2.05, 4.69) is 34.5 Å². The Kier molecular flexibility index (Phi) is 13.4. The lowest BCUT2D eigenvalue weighted by molar-refractivity contribution is 0.0424. The third-order valence-electron chi connectivity index (χ3n) is 4.31. The molecule has 1 heterocycles. The van der Waals surface area contributed by atoms with Crippen LogP contribution >= 0.6 is 24.0 Å². The van der Waals surface area contributed by atoms with Crippen LogP contribution in [0, 0.1) is 5.82 Å². The monoisotopic (exact) mass is 508 g/mol. The van der Waals surface area contributed by atoms with E-state index in [9.17, 15) is 4.39 Å². The summed E-state index contributed by atoms with van der Waals surface area (Å²) < 4.78 is 24.0. The molecule has 28 heavy (non-hydrogen) atoms. The van der Waals surface area contributed by atoms with Crippen molar-refractivity contribution in [1.29, 1.82) is 0 Å². The predicted molar refractivity (Wildman–Crippen MR) is 122 cm³/mol. The quantitative estimate of drug-likeness (QED) is 0.208. The molecule has 1 aromatic rings. The van der Waals surface area contributed by atoms with Gasteiger partial charge in [-0.2, -0.15) is 0 Å². The van der Waals surface area contributed by atoms with E-state index in [0.29, 0.717) is 0 Å². The van der Waals surface area contributed by atoms with Gasteiger partial charge in [0.2, 0.25) is 0 Å². The minimum absolute atomic E-state index is 0. The largest absolute Gasteiger partial charge is 0.379 e. The van der Waals surface area contributed by atoms with E-state index in [-0.39, 0.29) is 35.9 Å². The number of rotatable bonds is 11. The molecule has 1 atom stereocenters. The highest BCUT2D eigenvalue weighted by atomic mass is 127. The molecule has 0 aliphatic carbocycles. The molecule has 160 valence electrons. The Hall–Kier alpha value is -0.970. The molecule has 0 aromatic heterocycles. The van der Waals surface area contributed by atoms with Crippen molar-refractivity contribution in [2.24, 2.45) is 4.99 Å². The first kappa shape index (κ1) is 25.1. The molecule has 0 amide bonds. The zero-order valence-corrected chi connectivity index (χ0v) is 19.3. The van der Waals surface area contributed by atoms with Crippen LogP contribution in [0.15, 0.2) is 29.3 Å². The second kappa shape index (κ2) is 14.9. The van der Waals surface area contributed by atoms with Gasteiger partial charge >= 0.3 is 0 Å². The lowest BCUT2D eigenvalue weighted by atomic mass is 10.2. The highest BCUT2D eigenvalue weighted by molar-refractivity contribution is 14.0. The normalized spacial score (nSPS) is 16.9. The van der Waals surface area contributed by atoms with Gasteiger partial charge in [-0.3, -0.25) is 4.99 Å². The zero-order chi connectivity index (χ0) is 19.3. The van der Waals surface area contributed by atoms with Crippen molar-refractivity contribution in [2.45, 2.75) is 32.4 Å². The number of benzene rings is 1. The number of nitrogens with zero attached hydrogens (tertiary/aromatic N) is 2. The summed E-state index contributed by atoms with van der Waals surface area (Å²) >= 11 is 0. The molecule has 2 N–H and O–H groups in total. The first-order valence-corrected chi connectivity index (χ1v) is 9.82. The van der Waals surface area contributed by atoms with E-state index < -0.39 is 0 Å². The van der Waals surface area contributed by atoms with Crippen molar-refractivity contribution < 1.29 is 13.9 Å². The van der Waals surface area contributed by atoms with Crippen molar-refractivity contribution in [3.05, 3.63) is 35.6 Å². The minimum Gasteiger partial charge on any atom is -0.379 e. The summed E-state index contributed by atoms with van der Waals surface area (Å²) in [6, 6.07) is 6.65. The fraction of sp³-hybridized carbons (Fsp3) is 0.650. The number of guanidine groups is 1. The molecule has 0 saturated carbocycles. The van der Waals surface area contributed by atoms with Gasteiger partial charge in [0.1, 0.15) is 5.82 Å². The first-order chi connectivity index (χ1) is 13.2. The van der Waals surface area contributed by atoms with E-state index in [0.717, 1.165) is 76.9 Å². The fourth-order valence-corrected chi connectivity index (χ4v) is 2.84. The maximum absolute atomic E-state index is 13.0. The van der Waals surface area contributed by atoms with E-state index in [4.69, 9.17) is 9.47 Å². The molecule has 1 aliphatic heterocycles. The van der Waals surface area contributed by atoms with Crippen LogP contribution in [0.4, 0.5) is 4.39 Å². The lowest BCUT2D eigenvalue weighted by Crippen LogP contribution is -2.41.